The molecule has 3 atom stereocenters. The van der Waals surface area contributed by atoms with E-state index in [4.69, 9.17) is 13.7 Å². The predicted molar refractivity (Wildman–Crippen MR) is 234 cm³/mol. The number of benzene rings is 1. The van der Waals surface area contributed by atoms with Crippen molar-refractivity contribution < 1.29 is 35.9 Å². The van der Waals surface area contributed by atoms with Gasteiger partial charge in [0.15, 0.2) is 11.5 Å². The highest BCUT2D eigenvalue weighted by Crippen LogP contribution is 2.24. The highest BCUT2D eigenvalue weighted by atomic mass is 32.2. The molecule has 3 rings (SSSR count). The number of H-pyrrole nitrogens is 1. The van der Waals surface area contributed by atoms with Gasteiger partial charge in [0.25, 0.3) is 11.3 Å². The van der Waals surface area contributed by atoms with Gasteiger partial charge in [0, 0.05) is 23.7 Å². The third kappa shape index (κ3) is 18.4. The van der Waals surface area contributed by atoms with E-state index in [1.807, 2.05) is 6.07 Å². The molecule has 59 heavy (non-hydrogen) atoms. The zero-order chi connectivity index (χ0) is 43.3. The average Bonchev–Trinajstić information content (AvgIpc) is 3.79. The maximum Gasteiger partial charge on any atom is 0.338 e. The summed E-state index contributed by atoms with van der Waals surface area (Å²) in [5, 5.41) is 11.8. The molecule has 3 N–H and O–H groups in total. The summed E-state index contributed by atoms with van der Waals surface area (Å²) in [6.45, 7) is 14.9. The highest BCUT2D eigenvalue weighted by Gasteiger charge is 2.27. The Morgan fingerprint density at radius 3 is 1.85 bits per heavy atom. The van der Waals surface area contributed by atoms with Crippen LogP contribution < -0.4 is 13.6 Å². The van der Waals surface area contributed by atoms with Crippen molar-refractivity contribution in [2.24, 2.45) is 5.92 Å². The number of sulfonamides is 1. The van der Waals surface area contributed by atoms with Crippen molar-refractivity contribution in [2.45, 2.75) is 169 Å². The molecule has 3 aromatic rings. The molecule has 0 saturated carbocycles. The number of aromatic amines is 1. The molecular weight excluding hydrogens is 793 g/mol. The summed E-state index contributed by atoms with van der Waals surface area (Å²) in [6, 6.07) is 5.42. The Balaban J connectivity index is 1.69. The highest BCUT2D eigenvalue weighted by molar-refractivity contribution is 7.89. The minimum Gasteiger partial charge on any atom is -0.462 e. The lowest BCUT2D eigenvalue weighted by atomic mass is 9.93. The first-order valence-electron chi connectivity index (χ1n) is 21.9. The standard InChI is InChI=1S/C43H72N6O8S2/c1-8-11-14-17-19-22-25-55-41(50)35-27-36(42(51)56-26-23-20-18-15-12-9-2)29-37(28-35)57-58(52)44-31-34(24-21-16-13-10-3)32-59(53,54)48-33(4)40-46-45-39-30-38(43(5,6)7)47-49(39)40/h27-30,33-34,44,47-48H,8-26,31-32H2,1-7H3. The van der Waals surface area contributed by atoms with Gasteiger partial charge in [-0.05, 0) is 50.3 Å². The Bertz CT molecular complexity index is 1790. The summed E-state index contributed by atoms with van der Waals surface area (Å²) in [5.41, 5.74) is 1.55. The number of carbonyl (C=O) groups is 2. The molecule has 0 aliphatic heterocycles. The van der Waals surface area contributed by atoms with Gasteiger partial charge in [-0.3, -0.25) is 5.10 Å². The Morgan fingerprint density at radius 2 is 1.31 bits per heavy atom. The fraction of sp³-hybridized carbons (Fsp3) is 0.721. The van der Waals surface area contributed by atoms with Crippen molar-refractivity contribution in [2.75, 3.05) is 25.5 Å². The number of rotatable bonds is 31. The quantitative estimate of drug-likeness (QED) is 0.0416. The number of carbonyl (C=O) groups excluding carboxylic acids is 2. The second-order valence-corrected chi connectivity index (χ2v) is 19.5. The van der Waals surface area contributed by atoms with Gasteiger partial charge in [-0.2, -0.15) is 4.21 Å². The number of nitrogens with one attached hydrogen (secondary N) is 3. The molecule has 0 bridgehead atoms. The molecule has 0 spiro atoms. The van der Waals surface area contributed by atoms with Gasteiger partial charge in [0.2, 0.25) is 10.0 Å². The number of aromatic nitrogens is 4. The molecule has 0 fully saturated rings. The Kier molecular flexibility index (Phi) is 22.1. The van der Waals surface area contributed by atoms with Crippen LogP contribution in [-0.4, -0.2) is 69.9 Å². The van der Waals surface area contributed by atoms with E-state index in [2.05, 4.69) is 66.3 Å². The van der Waals surface area contributed by atoms with Gasteiger partial charge in [0.05, 0.1) is 36.1 Å². The number of ether oxygens (including phenoxy) is 2. The van der Waals surface area contributed by atoms with Crippen LogP contribution in [0.4, 0.5) is 0 Å². The van der Waals surface area contributed by atoms with Crippen LogP contribution in [0.1, 0.15) is 196 Å². The molecule has 334 valence electrons. The third-order valence-corrected chi connectivity index (χ3v) is 12.6. The maximum atomic E-state index is 13.6. The average molecular weight is 865 g/mol. The monoisotopic (exact) mass is 864 g/mol. The van der Waals surface area contributed by atoms with E-state index in [9.17, 15) is 22.2 Å². The van der Waals surface area contributed by atoms with Crippen LogP contribution in [0.25, 0.3) is 5.65 Å². The zero-order valence-electron chi connectivity index (χ0n) is 36.7. The molecule has 16 heteroatoms. The Hall–Kier alpha value is -3.34. The van der Waals surface area contributed by atoms with Crippen LogP contribution in [-0.2, 0) is 36.2 Å². The summed E-state index contributed by atoms with van der Waals surface area (Å²) >= 11 is -2.15. The number of unbranched alkanes of at least 4 members (excludes halogenated alkanes) is 13. The van der Waals surface area contributed by atoms with E-state index in [1.165, 1.54) is 31.0 Å². The summed E-state index contributed by atoms with van der Waals surface area (Å²) in [7, 11) is -3.84. The van der Waals surface area contributed by atoms with Crippen molar-refractivity contribution in [3.8, 4) is 5.75 Å². The fourth-order valence-corrected chi connectivity index (χ4v) is 9.04. The van der Waals surface area contributed by atoms with Crippen molar-refractivity contribution in [1.29, 1.82) is 0 Å². The van der Waals surface area contributed by atoms with E-state index >= 15 is 0 Å². The predicted octanol–water partition coefficient (Wildman–Crippen LogP) is 9.20. The number of nitrogens with zero attached hydrogens (tertiary/aromatic N) is 3. The number of hydrogen-bond acceptors (Lipinski definition) is 10. The zero-order valence-corrected chi connectivity index (χ0v) is 38.4. The molecule has 0 aliphatic rings. The number of fused-ring (bicyclic) bond motifs is 1. The lowest BCUT2D eigenvalue weighted by Crippen LogP contribution is -2.37. The van der Waals surface area contributed by atoms with E-state index < -0.39 is 45.2 Å². The lowest BCUT2D eigenvalue weighted by molar-refractivity contribution is 0.0495. The van der Waals surface area contributed by atoms with Crippen LogP contribution in [0.5, 0.6) is 5.75 Å². The van der Waals surface area contributed by atoms with Gasteiger partial charge in [-0.1, -0.05) is 131 Å². The largest absolute Gasteiger partial charge is 0.462 e. The molecular formula is C43H72N6O8S2. The topological polar surface area (TPSA) is 183 Å². The summed E-state index contributed by atoms with van der Waals surface area (Å²) < 4.78 is 64.6. The maximum absolute atomic E-state index is 13.6. The first kappa shape index (κ1) is 50.0. The van der Waals surface area contributed by atoms with E-state index in [-0.39, 0.29) is 47.8 Å². The van der Waals surface area contributed by atoms with Gasteiger partial charge in [-0.15, -0.1) is 10.2 Å². The Morgan fingerprint density at radius 1 is 0.780 bits per heavy atom. The molecule has 0 saturated heterocycles. The van der Waals surface area contributed by atoms with Crippen molar-refractivity contribution in [3.63, 3.8) is 0 Å². The van der Waals surface area contributed by atoms with Crippen LogP contribution >= 0.6 is 0 Å². The SMILES string of the molecule is CCCCCCCCOC(=O)c1cc(OS(=O)NCC(CCCCCC)CS(=O)(=O)NC(C)c2nnc3cc(C(C)(C)C)[nH]n23)cc(C(=O)OCCCCCCCC)c1. The van der Waals surface area contributed by atoms with Crippen LogP contribution in [0.3, 0.4) is 0 Å². The smallest absolute Gasteiger partial charge is 0.338 e. The number of esters is 2. The normalized spacial score (nSPS) is 13.7. The first-order chi connectivity index (χ1) is 28.2. The van der Waals surface area contributed by atoms with E-state index in [0.717, 1.165) is 95.6 Å². The van der Waals surface area contributed by atoms with Gasteiger partial charge < -0.3 is 13.7 Å². The minimum atomic E-state index is -3.84. The summed E-state index contributed by atoms with van der Waals surface area (Å²) in [6.07, 6.45) is 16.8. The van der Waals surface area contributed by atoms with Gasteiger partial charge >= 0.3 is 11.9 Å². The third-order valence-electron chi connectivity index (χ3n) is 10.2. The number of hydrogen-bond donors (Lipinski definition) is 3. The first-order valence-corrected chi connectivity index (χ1v) is 24.7. The van der Waals surface area contributed by atoms with Crippen LogP contribution in [0.15, 0.2) is 24.3 Å². The minimum absolute atomic E-state index is 0.0116. The van der Waals surface area contributed by atoms with Crippen molar-refractivity contribution >= 4 is 38.9 Å². The summed E-state index contributed by atoms with van der Waals surface area (Å²) in [4.78, 5) is 26.3. The van der Waals surface area contributed by atoms with Crippen molar-refractivity contribution in [3.05, 3.63) is 46.9 Å². The van der Waals surface area contributed by atoms with Gasteiger partial charge in [-0.25, -0.2) is 32.0 Å². The molecule has 3 unspecified atom stereocenters. The molecule has 1 aromatic carbocycles. The molecule has 2 heterocycles. The van der Waals surface area contributed by atoms with Crippen LogP contribution in [0.2, 0.25) is 0 Å². The molecule has 2 aromatic heterocycles. The lowest BCUT2D eigenvalue weighted by Gasteiger charge is -2.20. The van der Waals surface area contributed by atoms with Crippen LogP contribution in [0, 0.1) is 5.92 Å². The van der Waals surface area contributed by atoms with Gasteiger partial charge in [0.1, 0.15) is 5.75 Å². The Labute approximate surface area is 355 Å². The second-order valence-electron chi connectivity index (χ2n) is 16.7. The van der Waals surface area contributed by atoms with Crippen molar-refractivity contribution in [1.82, 2.24) is 29.3 Å². The molecule has 0 aliphatic carbocycles. The molecule has 0 radical (unpaired) electrons. The summed E-state index contributed by atoms with van der Waals surface area (Å²) in [5.74, 6) is -1.42. The fourth-order valence-electron chi connectivity index (χ4n) is 6.69. The van der Waals surface area contributed by atoms with E-state index in [0.29, 0.717) is 17.9 Å². The van der Waals surface area contributed by atoms with E-state index in [1.54, 1.807) is 11.4 Å². The molecule has 14 nitrogen and oxygen atoms in total. The second kappa shape index (κ2) is 26.1. The molecule has 0 amide bonds.